The largest absolute Gasteiger partial charge is 0.465 e. The Kier molecular flexibility index (Phi) is 2.20. The van der Waals surface area contributed by atoms with Gasteiger partial charge in [0, 0.05) is 18.5 Å². The van der Waals surface area contributed by atoms with Crippen LogP contribution in [0.2, 0.25) is 0 Å². The highest BCUT2D eigenvalue weighted by Gasteiger charge is 2.54. The Morgan fingerprint density at radius 1 is 1.40 bits per heavy atom. The van der Waals surface area contributed by atoms with E-state index in [-0.39, 0.29) is 17.1 Å². The molecule has 2 aliphatic rings. The molecule has 0 unspecified atom stereocenters. The van der Waals surface area contributed by atoms with E-state index < -0.39 is 16.2 Å². The van der Waals surface area contributed by atoms with Gasteiger partial charge in [0.15, 0.2) is 0 Å². The van der Waals surface area contributed by atoms with Crippen molar-refractivity contribution in [3.8, 4) is 0 Å². The maximum absolute atomic E-state index is 10.6. The van der Waals surface area contributed by atoms with Gasteiger partial charge in [-0.25, -0.2) is 4.79 Å². The summed E-state index contributed by atoms with van der Waals surface area (Å²) in [4.78, 5) is 11.8. The summed E-state index contributed by atoms with van der Waals surface area (Å²) in [6.45, 7) is 1.01. The van der Waals surface area contributed by atoms with Gasteiger partial charge in [-0.15, -0.1) is 0 Å². The van der Waals surface area contributed by atoms with Gasteiger partial charge in [0.1, 0.15) is 0 Å². The molecular weight excluding hydrogens is 222 g/mol. The minimum atomic E-state index is -3.88. The quantitative estimate of drug-likeness (QED) is 0.669. The van der Waals surface area contributed by atoms with Crippen LogP contribution in [0.4, 0.5) is 4.79 Å². The second-order valence-corrected chi connectivity index (χ2v) is 6.16. The third kappa shape index (κ3) is 2.07. The maximum Gasteiger partial charge on any atom is 0.407 e. The standard InChI is InChI=1S/C8H13NO5S/c10-7(11)9-4-8(5-9)1-6(2-8)3-15(12,13)14/h6H,1-5H2,(H,10,11)(H,12,13,14). The monoisotopic (exact) mass is 235 g/mol. The fourth-order valence-electron chi connectivity index (χ4n) is 2.74. The van der Waals surface area contributed by atoms with Crippen LogP contribution in [0.1, 0.15) is 12.8 Å². The van der Waals surface area contributed by atoms with Gasteiger partial charge in [0.2, 0.25) is 0 Å². The molecular formula is C8H13NO5S. The molecule has 6 nitrogen and oxygen atoms in total. The van der Waals surface area contributed by atoms with Crippen molar-refractivity contribution in [3.63, 3.8) is 0 Å². The zero-order chi connectivity index (χ0) is 11.3. The fraction of sp³-hybridized carbons (Fsp3) is 0.875. The summed E-state index contributed by atoms with van der Waals surface area (Å²) >= 11 is 0. The lowest BCUT2D eigenvalue weighted by atomic mass is 9.58. The molecule has 0 bridgehead atoms. The Labute approximate surface area is 87.6 Å². The average Bonchev–Trinajstić information content (AvgIpc) is 1.87. The van der Waals surface area contributed by atoms with Crippen molar-refractivity contribution >= 4 is 16.2 Å². The summed E-state index contributed by atoms with van der Waals surface area (Å²) in [7, 11) is -3.88. The second-order valence-electron chi connectivity index (χ2n) is 4.66. The van der Waals surface area contributed by atoms with Gasteiger partial charge in [-0.1, -0.05) is 0 Å². The van der Waals surface area contributed by atoms with Crippen LogP contribution in [0.5, 0.6) is 0 Å². The predicted molar refractivity (Wildman–Crippen MR) is 51.2 cm³/mol. The lowest BCUT2D eigenvalue weighted by molar-refractivity contribution is -0.0738. The zero-order valence-corrected chi connectivity index (χ0v) is 8.90. The molecule has 1 amide bonds. The number of amides is 1. The van der Waals surface area contributed by atoms with Crippen molar-refractivity contribution in [1.82, 2.24) is 4.90 Å². The van der Waals surface area contributed by atoms with Crippen molar-refractivity contribution in [2.75, 3.05) is 18.8 Å². The van der Waals surface area contributed by atoms with Crippen LogP contribution in [-0.4, -0.2) is 47.9 Å². The highest BCUT2D eigenvalue weighted by molar-refractivity contribution is 7.85. The molecule has 0 aromatic heterocycles. The van der Waals surface area contributed by atoms with Crippen LogP contribution in [0.15, 0.2) is 0 Å². The van der Waals surface area contributed by atoms with E-state index >= 15 is 0 Å². The number of likely N-dealkylation sites (tertiary alicyclic amines) is 1. The Morgan fingerprint density at radius 3 is 2.33 bits per heavy atom. The van der Waals surface area contributed by atoms with Crippen LogP contribution in [0, 0.1) is 11.3 Å². The maximum atomic E-state index is 10.6. The molecule has 2 N–H and O–H groups in total. The summed E-state index contributed by atoms with van der Waals surface area (Å²) in [6, 6.07) is 0. The summed E-state index contributed by atoms with van der Waals surface area (Å²) in [5.41, 5.74) is 0.00769. The molecule has 0 atom stereocenters. The zero-order valence-electron chi connectivity index (χ0n) is 8.09. The Balaban J connectivity index is 1.78. The van der Waals surface area contributed by atoms with Gasteiger partial charge in [-0.3, -0.25) is 4.55 Å². The number of carboxylic acid groups (broad SMARTS) is 1. The van der Waals surface area contributed by atoms with Crippen LogP contribution < -0.4 is 0 Å². The number of hydrogen-bond acceptors (Lipinski definition) is 3. The molecule has 1 aliphatic carbocycles. The molecule has 1 saturated heterocycles. The molecule has 0 aromatic rings. The average molecular weight is 235 g/mol. The van der Waals surface area contributed by atoms with Gasteiger partial charge in [0.05, 0.1) is 5.75 Å². The summed E-state index contributed by atoms with van der Waals surface area (Å²) in [5, 5.41) is 8.63. The Hall–Kier alpha value is -0.820. The Bertz CT molecular complexity index is 376. The van der Waals surface area contributed by atoms with Gasteiger partial charge in [0.25, 0.3) is 10.1 Å². The highest BCUT2D eigenvalue weighted by atomic mass is 32.2. The van der Waals surface area contributed by atoms with Crippen LogP contribution in [0.25, 0.3) is 0 Å². The first-order valence-electron chi connectivity index (χ1n) is 4.73. The fourth-order valence-corrected chi connectivity index (χ4v) is 3.57. The third-order valence-electron chi connectivity index (χ3n) is 3.21. The molecule has 1 heterocycles. The van der Waals surface area contributed by atoms with E-state index in [4.69, 9.17) is 9.66 Å². The normalized spacial score (nSPS) is 24.7. The molecule has 2 fully saturated rings. The summed E-state index contributed by atoms with van der Waals surface area (Å²) in [6.07, 6.45) is 0.492. The van der Waals surface area contributed by atoms with Gasteiger partial charge in [-0.2, -0.15) is 8.42 Å². The van der Waals surface area contributed by atoms with Crippen LogP contribution in [0.3, 0.4) is 0 Å². The number of nitrogens with zero attached hydrogens (tertiary/aromatic N) is 1. The van der Waals surface area contributed by atoms with E-state index in [0.29, 0.717) is 25.9 Å². The lowest BCUT2D eigenvalue weighted by Gasteiger charge is -2.58. The number of carbonyl (C=O) groups is 1. The molecule has 1 saturated carbocycles. The van der Waals surface area contributed by atoms with Gasteiger partial charge < -0.3 is 10.0 Å². The first-order chi connectivity index (χ1) is 6.80. The molecule has 1 spiro atoms. The van der Waals surface area contributed by atoms with E-state index in [1.54, 1.807) is 0 Å². The van der Waals surface area contributed by atoms with Crippen molar-refractivity contribution < 1.29 is 22.9 Å². The minimum absolute atomic E-state index is 0.00375. The van der Waals surface area contributed by atoms with E-state index in [9.17, 15) is 13.2 Å². The van der Waals surface area contributed by atoms with E-state index in [1.165, 1.54) is 4.90 Å². The van der Waals surface area contributed by atoms with E-state index in [1.807, 2.05) is 0 Å². The minimum Gasteiger partial charge on any atom is -0.465 e. The third-order valence-corrected chi connectivity index (χ3v) is 4.11. The molecule has 2 rings (SSSR count). The van der Waals surface area contributed by atoms with Crippen molar-refractivity contribution in [2.24, 2.45) is 11.3 Å². The molecule has 86 valence electrons. The lowest BCUT2D eigenvalue weighted by Crippen LogP contribution is -2.64. The molecule has 1 aliphatic heterocycles. The number of rotatable bonds is 2. The molecule has 0 aromatic carbocycles. The SMILES string of the molecule is O=C(O)N1CC2(CC(CS(=O)(=O)O)C2)C1. The topological polar surface area (TPSA) is 94.9 Å². The van der Waals surface area contributed by atoms with E-state index in [2.05, 4.69) is 0 Å². The van der Waals surface area contributed by atoms with Crippen molar-refractivity contribution in [3.05, 3.63) is 0 Å². The summed E-state index contributed by atoms with van der Waals surface area (Å²) < 4.78 is 29.8. The first kappa shape index (κ1) is 10.7. The van der Waals surface area contributed by atoms with E-state index in [0.717, 1.165) is 0 Å². The van der Waals surface area contributed by atoms with Crippen molar-refractivity contribution in [2.45, 2.75) is 12.8 Å². The number of hydrogen-bond donors (Lipinski definition) is 2. The summed E-state index contributed by atoms with van der Waals surface area (Å²) in [5.74, 6) is -0.196. The van der Waals surface area contributed by atoms with Gasteiger partial charge in [-0.05, 0) is 18.8 Å². The van der Waals surface area contributed by atoms with Crippen LogP contribution in [-0.2, 0) is 10.1 Å². The molecule has 0 radical (unpaired) electrons. The highest BCUT2D eigenvalue weighted by Crippen LogP contribution is 2.52. The second kappa shape index (κ2) is 3.08. The molecule has 7 heteroatoms. The predicted octanol–water partition coefficient (Wildman–Crippen LogP) is 0.264. The molecule has 15 heavy (non-hydrogen) atoms. The van der Waals surface area contributed by atoms with Gasteiger partial charge >= 0.3 is 6.09 Å². The smallest absolute Gasteiger partial charge is 0.407 e. The first-order valence-corrected chi connectivity index (χ1v) is 6.34. The van der Waals surface area contributed by atoms with Crippen LogP contribution >= 0.6 is 0 Å². The Morgan fingerprint density at radius 2 is 1.93 bits per heavy atom. The van der Waals surface area contributed by atoms with Crippen molar-refractivity contribution in [1.29, 1.82) is 0 Å².